The van der Waals surface area contributed by atoms with Crippen molar-refractivity contribution in [2.24, 2.45) is 0 Å². The molecule has 0 saturated heterocycles. The average molecular weight is 362 g/mol. The van der Waals surface area contributed by atoms with E-state index in [1.165, 1.54) is 6.26 Å². The Morgan fingerprint density at radius 2 is 2.11 bits per heavy atom. The van der Waals surface area contributed by atoms with Gasteiger partial charge >= 0.3 is 0 Å². The van der Waals surface area contributed by atoms with Crippen LogP contribution in [0, 0.1) is 11.8 Å². The van der Waals surface area contributed by atoms with Gasteiger partial charge in [-0.25, -0.2) is 4.98 Å². The predicted molar refractivity (Wildman–Crippen MR) is 101 cm³/mol. The Morgan fingerprint density at radius 1 is 1.26 bits per heavy atom. The number of benzene rings is 1. The Hall–Kier alpha value is -3.04. The van der Waals surface area contributed by atoms with E-state index in [4.69, 9.17) is 4.42 Å². The lowest BCUT2D eigenvalue weighted by molar-refractivity contribution is -0.132. The molecule has 0 radical (unpaired) electrons. The number of amides is 1. The van der Waals surface area contributed by atoms with E-state index in [9.17, 15) is 4.79 Å². The van der Waals surface area contributed by atoms with Crippen LogP contribution in [0.25, 0.3) is 0 Å². The lowest BCUT2D eigenvalue weighted by Crippen LogP contribution is -2.50. The third-order valence-electron chi connectivity index (χ3n) is 4.90. The first-order valence-corrected chi connectivity index (χ1v) is 9.08. The van der Waals surface area contributed by atoms with E-state index >= 15 is 0 Å². The number of hydrogen-bond acceptors (Lipinski definition) is 5. The van der Waals surface area contributed by atoms with Gasteiger partial charge in [0.25, 0.3) is 5.91 Å². The van der Waals surface area contributed by atoms with Crippen molar-refractivity contribution in [1.29, 1.82) is 0 Å². The van der Waals surface area contributed by atoms with Crippen LogP contribution in [-0.2, 0) is 11.3 Å². The zero-order chi connectivity index (χ0) is 18.6. The van der Waals surface area contributed by atoms with E-state index in [1.54, 1.807) is 11.1 Å². The third-order valence-corrected chi connectivity index (χ3v) is 4.90. The molecule has 4 rings (SSSR count). The summed E-state index contributed by atoms with van der Waals surface area (Å²) in [7, 11) is 2.04. The molecule has 0 atom stereocenters. The molecule has 6 nitrogen and oxygen atoms in total. The van der Waals surface area contributed by atoms with E-state index in [0.717, 1.165) is 29.8 Å². The molecule has 2 aliphatic heterocycles. The van der Waals surface area contributed by atoms with Crippen LogP contribution < -0.4 is 0 Å². The topological polar surface area (TPSA) is 52.8 Å². The molecular formula is C21H22N4O2. The maximum absolute atomic E-state index is 13.0. The van der Waals surface area contributed by atoms with Crippen LogP contribution in [-0.4, -0.2) is 58.9 Å². The molecule has 1 aromatic carbocycles. The van der Waals surface area contributed by atoms with Crippen molar-refractivity contribution >= 4 is 5.91 Å². The van der Waals surface area contributed by atoms with Crippen LogP contribution in [0.1, 0.15) is 17.9 Å². The smallest absolute Gasteiger partial charge is 0.254 e. The van der Waals surface area contributed by atoms with Crippen LogP contribution in [0.15, 0.2) is 58.5 Å². The molecule has 0 aliphatic carbocycles. The summed E-state index contributed by atoms with van der Waals surface area (Å²) in [6, 6.07) is 9.97. The van der Waals surface area contributed by atoms with Crippen molar-refractivity contribution in [3.05, 3.63) is 65.5 Å². The second-order valence-corrected chi connectivity index (χ2v) is 6.82. The standard InChI is InChI=1S/C21H22N4O2/c1-23-16-25(15-20-22-10-13-27-20)21(26)18-14-24(12-9-19(18)23)11-5-8-17-6-3-2-4-7-17/h2-4,6-7,10,13H,9,11-12,14-16H2,1H3. The van der Waals surface area contributed by atoms with Crippen molar-refractivity contribution in [2.45, 2.75) is 13.0 Å². The minimum absolute atomic E-state index is 0.0713. The predicted octanol–water partition coefficient (Wildman–Crippen LogP) is 1.92. The van der Waals surface area contributed by atoms with Crippen molar-refractivity contribution < 1.29 is 9.21 Å². The lowest BCUT2D eigenvalue weighted by Gasteiger charge is -2.41. The fourth-order valence-electron chi connectivity index (χ4n) is 3.54. The minimum Gasteiger partial charge on any atom is -0.447 e. The SMILES string of the molecule is CN1CN(Cc2ncco2)C(=O)C2=C1CCN(CC#Cc1ccccc1)C2. The van der Waals surface area contributed by atoms with Crippen molar-refractivity contribution in [3.63, 3.8) is 0 Å². The van der Waals surface area contributed by atoms with Crippen LogP contribution >= 0.6 is 0 Å². The largest absolute Gasteiger partial charge is 0.447 e. The molecule has 1 aromatic heterocycles. The number of carbonyl (C=O) groups excluding carboxylic acids is 1. The zero-order valence-electron chi connectivity index (χ0n) is 15.4. The summed E-state index contributed by atoms with van der Waals surface area (Å²) in [6.45, 7) is 3.15. The normalized spacial score (nSPS) is 17.6. The zero-order valence-corrected chi connectivity index (χ0v) is 15.4. The average Bonchev–Trinajstić information content (AvgIpc) is 3.20. The van der Waals surface area contributed by atoms with Crippen LogP contribution in [0.3, 0.4) is 0 Å². The van der Waals surface area contributed by atoms with Gasteiger partial charge in [0.1, 0.15) is 6.26 Å². The third kappa shape index (κ3) is 3.88. The summed E-state index contributed by atoms with van der Waals surface area (Å²) in [5.74, 6) is 7.05. The number of carbonyl (C=O) groups is 1. The molecule has 0 fully saturated rings. The highest BCUT2D eigenvalue weighted by Crippen LogP contribution is 2.27. The van der Waals surface area contributed by atoms with Gasteiger partial charge in [0.2, 0.25) is 5.89 Å². The van der Waals surface area contributed by atoms with Crippen LogP contribution in [0.4, 0.5) is 0 Å². The first-order chi connectivity index (χ1) is 13.2. The summed E-state index contributed by atoms with van der Waals surface area (Å²) in [6.07, 6.45) is 4.01. The van der Waals surface area contributed by atoms with Gasteiger partial charge in [-0.2, -0.15) is 0 Å². The number of hydrogen-bond donors (Lipinski definition) is 0. The van der Waals surface area contributed by atoms with Crippen molar-refractivity contribution in [1.82, 2.24) is 19.7 Å². The van der Waals surface area contributed by atoms with Gasteiger partial charge in [-0.15, -0.1) is 0 Å². The molecule has 1 amide bonds. The molecule has 2 aromatic rings. The number of oxazole rings is 1. The summed E-state index contributed by atoms with van der Waals surface area (Å²) >= 11 is 0. The molecule has 2 aliphatic rings. The fourth-order valence-corrected chi connectivity index (χ4v) is 3.54. The Bertz CT molecular complexity index is 893. The van der Waals surface area contributed by atoms with E-state index in [2.05, 4.69) is 26.6 Å². The highest BCUT2D eigenvalue weighted by Gasteiger charge is 2.34. The molecule has 6 heteroatoms. The van der Waals surface area contributed by atoms with Gasteiger partial charge in [-0.1, -0.05) is 30.0 Å². The van der Waals surface area contributed by atoms with E-state index in [1.807, 2.05) is 37.4 Å². The quantitative estimate of drug-likeness (QED) is 0.781. The van der Waals surface area contributed by atoms with E-state index < -0.39 is 0 Å². The molecule has 0 bridgehead atoms. The molecule has 138 valence electrons. The van der Waals surface area contributed by atoms with Gasteiger partial charge in [0.05, 0.1) is 31.5 Å². The summed E-state index contributed by atoms with van der Waals surface area (Å²) < 4.78 is 5.30. The highest BCUT2D eigenvalue weighted by atomic mass is 16.3. The number of nitrogens with zero attached hydrogens (tertiary/aromatic N) is 4. The summed E-state index contributed by atoms with van der Waals surface area (Å²) in [4.78, 5) is 23.3. The van der Waals surface area contributed by atoms with E-state index in [0.29, 0.717) is 32.2 Å². The summed E-state index contributed by atoms with van der Waals surface area (Å²) in [5.41, 5.74) is 3.03. The van der Waals surface area contributed by atoms with Gasteiger partial charge in [0.15, 0.2) is 0 Å². The molecule has 0 saturated carbocycles. The molecule has 0 unspecified atom stereocenters. The van der Waals surface area contributed by atoms with Gasteiger partial charge in [-0.3, -0.25) is 9.69 Å². The Labute approximate surface area is 159 Å². The van der Waals surface area contributed by atoms with Crippen LogP contribution in [0.2, 0.25) is 0 Å². The maximum Gasteiger partial charge on any atom is 0.254 e. The monoisotopic (exact) mass is 362 g/mol. The second kappa shape index (κ2) is 7.68. The Balaban J connectivity index is 1.44. The number of rotatable bonds is 3. The maximum atomic E-state index is 13.0. The first-order valence-electron chi connectivity index (χ1n) is 9.08. The molecule has 27 heavy (non-hydrogen) atoms. The molecular weight excluding hydrogens is 340 g/mol. The van der Waals surface area contributed by atoms with Crippen molar-refractivity contribution in [3.8, 4) is 11.8 Å². The fraction of sp³-hybridized carbons (Fsp3) is 0.333. The Morgan fingerprint density at radius 3 is 2.89 bits per heavy atom. The highest BCUT2D eigenvalue weighted by molar-refractivity contribution is 5.95. The van der Waals surface area contributed by atoms with Gasteiger partial charge in [0, 0.05) is 37.8 Å². The molecule has 0 spiro atoms. The van der Waals surface area contributed by atoms with E-state index in [-0.39, 0.29) is 5.91 Å². The first kappa shape index (κ1) is 17.4. The lowest BCUT2D eigenvalue weighted by atomic mass is 10.0. The molecule has 0 N–H and O–H groups in total. The summed E-state index contributed by atoms with van der Waals surface area (Å²) in [5, 5.41) is 0. The second-order valence-electron chi connectivity index (χ2n) is 6.82. The number of aromatic nitrogens is 1. The van der Waals surface area contributed by atoms with Crippen molar-refractivity contribution in [2.75, 3.05) is 33.4 Å². The molecule has 3 heterocycles. The van der Waals surface area contributed by atoms with Gasteiger partial charge in [-0.05, 0) is 12.1 Å². The van der Waals surface area contributed by atoms with Gasteiger partial charge < -0.3 is 14.2 Å². The Kier molecular flexibility index (Phi) is 4.95. The minimum atomic E-state index is 0.0713. The van der Waals surface area contributed by atoms with Crippen LogP contribution in [0.5, 0.6) is 0 Å².